The van der Waals surface area contributed by atoms with Crippen LogP contribution in [-0.2, 0) is 0 Å². The molecule has 0 radical (unpaired) electrons. The van der Waals surface area contributed by atoms with Gasteiger partial charge < -0.3 is 40.9 Å². The van der Waals surface area contributed by atoms with Crippen molar-refractivity contribution in [1.29, 1.82) is 0 Å². The summed E-state index contributed by atoms with van der Waals surface area (Å²) in [5.74, 6) is 13.7. The maximum absolute atomic E-state index is 9.89. The monoisotopic (exact) mass is 1360 g/mol. The van der Waals surface area contributed by atoms with Crippen LogP contribution in [0.15, 0.2) is 0 Å². The van der Waals surface area contributed by atoms with Gasteiger partial charge in [-0.05, 0) is 301 Å². The van der Waals surface area contributed by atoms with E-state index < -0.39 is 0 Å². The van der Waals surface area contributed by atoms with Crippen LogP contribution in [0.1, 0.15) is 374 Å². The molecule has 8 saturated carbocycles. The van der Waals surface area contributed by atoms with Crippen molar-refractivity contribution in [2.45, 2.75) is 422 Å². The lowest BCUT2D eigenvalue weighted by Gasteiger charge is -2.40. The zero-order chi connectivity index (χ0) is 74.0. The first kappa shape index (κ1) is 93.7. The van der Waals surface area contributed by atoms with Gasteiger partial charge in [-0.1, -0.05) is 213 Å². The fourth-order valence-electron chi connectivity index (χ4n) is 18.8. The Morgan fingerprint density at radius 1 is 0.281 bits per heavy atom. The highest BCUT2D eigenvalue weighted by molar-refractivity contribution is 4.89. The molecule has 8 aliphatic carbocycles. The number of aliphatic hydroxyl groups is 8. The first-order chi connectivity index (χ1) is 44.0. The minimum Gasteiger partial charge on any atom is -0.393 e. The van der Waals surface area contributed by atoms with Crippen LogP contribution >= 0.6 is 0 Å². The van der Waals surface area contributed by atoms with Crippen LogP contribution in [-0.4, -0.2) is 89.7 Å². The van der Waals surface area contributed by atoms with Gasteiger partial charge >= 0.3 is 0 Å². The van der Waals surface area contributed by atoms with E-state index in [2.05, 4.69) is 194 Å². The zero-order valence-corrected chi connectivity index (χ0v) is 69.5. The summed E-state index contributed by atoms with van der Waals surface area (Å²) in [5, 5.41) is 77.6. The molecule has 0 amide bonds. The van der Waals surface area contributed by atoms with Crippen LogP contribution < -0.4 is 0 Å². The number of hydrogen-bond donors (Lipinski definition) is 8. The largest absolute Gasteiger partial charge is 0.393 e. The number of rotatable bonds is 8. The van der Waals surface area contributed by atoms with E-state index in [1.165, 1.54) is 122 Å². The summed E-state index contributed by atoms with van der Waals surface area (Å²) in [4.78, 5) is 0. The Balaban J connectivity index is 0.000000549. The Hall–Kier alpha value is -0.320. The standard InChI is InChI=1S/8C11H22O/c1-8-5-9(11(2,3)4)7-10(12)6-8;1-8-5-6-9(12)7-10(8)11(2,3)4;1-8-5-6-10(12)9(7-8)11(2,3)4;1-8-5-6-9(10(12)7-8)11(2,3)4;1-8(2)6-10-4-5-11(12)9(3)7-10;1-8(2)6-10-5-4-9(3)11(12)7-10;1-8(2)7-10-5-4-6-11(12)9(10)3;1-8(2)7-10-6-4-5-9(3)11(10)12/h4*8-10,12H,5-7H2,1-4H3;4*8-12H,4-7H2,1-3H3. The normalized spacial score (nSPS) is 37.8. The van der Waals surface area contributed by atoms with Gasteiger partial charge in [-0.2, -0.15) is 0 Å². The molecule has 24 atom stereocenters. The van der Waals surface area contributed by atoms with E-state index in [0.717, 1.165) is 117 Å². The molecule has 0 saturated heterocycles. The summed E-state index contributed by atoms with van der Waals surface area (Å²) in [5.41, 5.74) is 1.28. The van der Waals surface area contributed by atoms with Crippen molar-refractivity contribution >= 4 is 0 Å². The fourth-order valence-corrected chi connectivity index (χ4v) is 18.8. The molecule has 0 aromatic heterocycles. The van der Waals surface area contributed by atoms with E-state index in [9.17, 15) is 40.9 Å². The molecule has 8 N–H and O–H groups in total. The number of hydrogen-bond acceptors (Lipinski definition) is 8. The average Bonchev–Trinajstić information content (AvgIpc) is 0.882. The first-order valence-electron chi connectivity index (χ1n) is 41.5. The highest BCUT2D eigenvalue weighted by atomic mass is 16.3. The quantitative estimate of drug-likeness (QED) is 0.119. The highest BCUT2D eigenvalue weighted by Gasteiger charge is 2.39. The third-order valence-corrected chi connectivity index (χ3v) is 25.2. The molecule has 0 heterocycles. The molecule has 8 heteroatoms. The topological polar surface area (TPSA) is 162 Å². The molecule has 0 aliphatic heterocycles. The van der Waals surface area contributed by atoms with Crippen LogP contribution in [0, 0.1) is 140 Å². The van der Waals surface area contributed by atoms with Crippen molar-refractivity contribution in [3.05, 3.63) is 0 Å². The molecule has 8 nitrogen and oxygen atoms in total. The third kappa shape index (κ3) is 38.4. The minimum absolute atomic E-state index is 0.0200. The van der Waals surface area contributed by atoms with E-state index in [1.807, 2.05) is 0 Å². The van der Waals surface area contributed by atoms with E-state index in [0.29, 0.717) is 70.0 Å². The maximum Gasteiger partial charge on any atom is 0.0594 e. The summed E-state index contributed by atoms with van der Waals surface area (Å²) in [6, 6.07) is 0. The van der Waals surface area contributed by atoms with Crippen molar-refractivity contribution in [3.63, 3.8) is 0 Å². The fraction of sp³-hybridized carbons (Fsp3) is 1.00. The summed E-state index contributed by atoms with van der Waals surface area (Å²) in [6.07, 6.45) is 32.7. The van der Waals surface area contributed by atoms with Gasteiger partial charge in [0.2, 0.25) is 0 Å². The molecule has 0 spiro atoms. The predicted octanol–water partition coefficient (Wildman–Crippen LogP) is 22.6. The molecule has 8 aliphatic rings. The van der Waals surface area contributed by atoms with Crippen LogP contribution in [0.2, 0.25) is 0 Å². The van der Waals surface area contributed by atoms with Crippen molar-refractivity contribution < 1.29 is 40.9 Å². The highest BCUT2D eigenvalue weighted by Crippen LogP contribution is 2.45. The van der Waals surface area contributed by atoms with Gasteiger partial charge in [-0.25, -0.2) is 0 Å². The van der Waals surface area contributed by atoms with Crippen molar-refractivity contribution in [2.75, 3.05) is 0 Å². The Bertz CT molecular complexity index is 1810. The number of aliphatic hydroxyl groups excluding tert-OH is 8. The molecular weight excluding hydrogens is 1180 g/mol. The van der Waals surface area contributed by atoms with E-state index >= 15 is 0 Å². The van der Waals surface area contributed by atoms with E-state index in [-0.39, 0.29) is 59.7 Å². The second-order valence-corrected chi connectivity index (χ2v) is 41.1. The molecule has 0 bridgehead atoms. The van der Waals surface area contributed by atoms with Gasteiger partial charge in [0, 0.05) is 0 Å². The second-order valence-electron chi connectivity index (χ2n) is 41.1. The Labute approximate surface area is 600 Å². The molecule has 8 fully saturated rings. The van der Waals surface area contributed by atoms with E-state index in [4.69, 9.17) is 0 Å². The van der Waals surface area contributed by atoms with Crippen molar-refractivity contribution in [3.8, 4) is 0 Å². The SMILES string of the molecule is CC(C)CC1CCC(C)C(O)C1.CC(C)CC1CCC(O)C(C)C1.CC(C)CC1CCCC(C)C1O.CC(C)CC1CCCC(O)C1C.CC1CC(O)CC(C(C)(C)C)C1.CC1CCC(C(C)(C)C)C(O)C1.CC1CCC(O)C(C(C)(C)C)C1.CC1CCC(O)CC1C(C)(C)C. The van der Waals surface area contributed by atoms with Gasteiger partial charge in [0.25, 0.3) is 0 Å². The maximum atomic E-state index is 9.89. The molecule has 0 aromatic carbocycles. The molecule has 8 rings (SSSR count). The summed E-state index contributed by atoms with van der Waals surface area (Å²) >= 11 is 0. The molecule has 576 valence electrons. The Morgan fingerprint density at radius 2 is 0.750 bits per heavy atom. The predicted molar refractivity (Wildman–Crippen MR) is 416 cm³/mol. The summed E-state index contributed by atoms with van der Waals surface area (Å²) in [7, 11) is 0. The van der Waals surface area contributed by atoms with Gasteiger partial charge in [-0.3, -0.25) is 0 Å². The first-order valence-corrected chi connectivity index (χ1v) is 41.5. The summed E-state index contributed by atoms with van der Waals surface area (Å²) in [6.45, 7) is 63.1. The van der Waals surface area contributed by atoms with Gasteiger partial charge in [0.15, 0.2) is 0 Å². The van der Waals surface area contributed by atoms with Crippen LogP contribution in [0.3, 0.4) is 0 Å². The Kier molecular flexibility index (Phi) is 44.0. The third-order valence-electron chi connectivity index (χ3n) is 25.2. The smallest absolute Gasteiger partial charge is 0.0594 e. The van der Waals surface area contributed by atoms with Gasteiger partial charge in [0.05, 0.1) is 48.8 Å². The Morgan fingerprint density at radius 3 is 1.22 bits per heavy atom. The molecule has 24 unspecified atom stereocenters. The lowest BCUT2D eigenvalue weighted by Crippen LogP contribution is -2.37. The zero-order valence-electron chi connectivity index (χ0n) is 69.5. The van der Waals surface area contributed by atoms with Crippen LogP contribution in [0.5, 0.6) is 0 Å². The molecular formula is C88H176O8. The lowest BCUT2D eigenvalue weighted by molar-refractivity contribution is -0.00568. The minimum atomic E-state index is -0.0613. The average molecular weight is 1360 g/mol. The van der Waals surface area contributed by atoms with Crippen LogP contribution in [0.25, 0.3) is 0 Å². The van der Waals surface area contributed by atoms with Crippen molar-refractivity contribution in [2.24, 2.45) is 140 Å². The summed E-state index contributed by atoms with van der Waals surface area (Å²) < 4.78 is 0. The second kappa shape index (κ2) is 45.1. The van der Waals surface area contributed by atoms with Crippen LogP contribution in [0.4, 0.5) is 0 Å². The van der Waals surface area contributed by atoms with Gasteiger partial charge in [0.1, 0.15) is 0 Å². The van der Waals surface area contributed by atoms with Crippen molar-refractivity contribution in [1.82, 2.24) is 0 Å². The lowest BCUT2D eigenvalue weighted by atomic mass is 9.66. The van der Waals surface area contributed by atoms with E-state index in [1.54, 1.807) is 0 Å². The molecule has 96 heavy (non-hydrogen) atoms. The molecule has 0 aromatic rings. The van der Waals surface area contributed by atoms with Gasteiger partial charge in [-0.15, -0.1) is 0 Å².